The highest BCUT2D eigenvalue weighted by atomic mass is 16.8. The van der Waals surface area contributed by atoms with Crippen molar-refractivity contribution in [3.8, 4) is 0 Å². The Labute approximate surface area is 121 Å². The van der Waals surface area contributed by atoms with Crippen molar-refractivity contribution < 1.29 is 19.2 Å². The lowest BCUT2D eigenvalue weighted by molar-refractivity contribution is -0.720. The summed E-state index contributed by atoms with van der Waals surface area (Å²) in [5, 5.41) is 13.4. The number of carbonyl (C=O) groups excluding carboxylic acids is 1. The summed E-state index contributed by atoms with van der Waals surface area (Å²) in [4.78, 5) is 19.0. The molecule has 1 aromatic rings. The summed E-state index contributed by atoms with van der Waals surface area (Å²) in [6, 6.07) is 8.01. The van der Waals surface area contributed by atoms with Gasteiger partial charge in [-0.2, -0.15) is 0 Å². The molecular formula is C15H14N2O4. The molecule has 2 bridgehead atoms. The Balaban J connectivity index is 1.68. The predicted molar refractivity (Wildman–Crippen MR) is 70.9 cm³/mol. The number of hydrogen-bond acceptors (Lipinski definition) is 5. The smallest absolute Gasteiger partial charge is 0.264 e. The molecule has 0 saturated carbocycles. The lowest BCUT2D eigenvalue weighted by Gasteiger charge is -2.28. The third kappa shape index (κ3) is 1.04. The summed E-state index contributed by atoms with van der Waals surface area (Å²) in [5.41, 5.74) is 1.43. The van der Waals surface area contributed by atoms with E-state index in [9.17, 15) is 10.0 Å². The van der Waals surface area contributed by atoms with E-state index in [0.29, 0.717) is 4.85 Å². The van der Waals surface area contributed by atoms with Crippen molar-refractivity contribution in [3.63, 3.8) is 0 Å². The van der Waals surface area contributed by atoms with Crippen LogP contribution in [-0.2, 0) is 14.4 Å². The number of ether oxygens (including phenoxy) is 1. The molecule has 0 spiro atoms. The van der Waals surface area contributed by atoms with E-state index in [0.717, 1.165) is 11.1 Å². The zero-order valence-electron chi connectivity index (χ0n) is 11.6. The Morgan fingerprint density at radius 2 is 1.95 bits per heavy atom. The first kappa shape index (κ1) is 11.7. The number of fused-ring (bicyclic) bond motifs is 10. The van der Waals surface area contributed by atoms with Gasteiger partial charge in [0, 0.05) is 6.92 Å². The molecule has 0 aliphatic carbocycles. The van der Waals surface area contributed by atoms with E-state index in [-0.39, 0.29) is 35.7 Å². The maximum atomic E-state index is 12.6. The summed E-state index contributed by atoms with van der Waals surface area (Å²) in [6.07, 6.45) is -0.655. The van der Waals surface area contributed by atoms with Gasteiger partial charge < -0.3 is 9.94 Å². The van der Waals surface area contributed by atoms with E-state index < -0.39 is 5.54 Å². The van der Waals surface area contributed by atoms with Gasteiger partial charge in [0.25, 0.3) is 11.5 Å². The lowest BCUT2D eigenvalue weighted by atomic mass is 9.71. The minimum atomic E-state index is -0.969. The fraction of sp³-hybridized carbons (Fsp3) is 0.467. The van der Waals surface area contributed by atoms with Crippen molar-refractivity contribution in [2.75, 3.05) is 0 Å². The molecule has 6 nitrogen and oxygen atoms in total. The van der Waals surface area contributed by atoms with Gasteiger partial charge in [0.2, 0.25) is 0 Å². The molecule has 5 rings (SSSR count). The van der Waals surface area contributed by atoms with Crippen LogP contribution in [0.3, 0.4) is 0 Å². The third-order valence-electron chi connectivity index (χ3n) is 5.39. The molecule has 4 aliphatic rings. The number of hydrazone groups is 1. The van der Waals surface area contributed by atoms with Crippen LogP contribution in [-0.4, -0.2) is 33.2 Å². The van der Waals surface area contributed by atoms with E-state index in [4.69, 9.17) is 9.57 Å². The van der Waals surface area contributed by atoms with Gasteiger partial charge in [0.05, 0.1) is 12.0 Å². The second-order valence-corrected chi connectivity index (χ2v) is 6.31. The summed E-state index contributed by atoms with van der Waals surface area (Å²) in [7, 11) is 0. The zero-order chi connectivity index (χ0) is 14.5. The summed E-state index contributed by atoms with van der Waals surface area (Å²) in [5.74, 6) is -0.322. The van der Waals surface area contributed by atoms with Crippen molar-refractivity contribution in [1.82, 2.24) is 5.17 Å². The van der Waals surface area contributed by atoms with Crippen LogP contribution in [0.15, 0.2) is 24.3 Å². The molecule has 4 heterocycles. The maximum Gasteiger partial charge on any atom is 0.264 e. The number of ketones is 1. The summed E-state index contributed by atoms with van der Waals surface area (Å²) >= 11 is 0. The van der Waals surface area contributed by atoms with Gasteiger partial charge in [-0.3, -0.25) is 4.79 Å². The molecule has 4 aliphatic heterocycles. The Kier molecular flexibility index (Phi) is 1.83. The molecule has 0 N–H and O–H groups in total. The second kappa shape index (κ2) is 3.28. The molecule has 1 aromatic carbocycles. The van der Waals surface area contributed by atoms with E-state index in [1.54, 1.807) is 13.8 Å². The van der Waals surface area contributed by atoms with Crippen LogP contribution >= 0.6 is 0 Å². The van der Waals surface area contributed by atoms with E-state index in [1.807, 2.05) is 24.3 Å². The maximum absolute atomic E-state index is 12.6. The number of hydrazine groups is 1. The van der Waals surface area contributed by atoms with Crippen molar-refractivity contribution >= 4 is 11.5 Å². The van der Waals surface area contributed by atoms with Gasteiger partial charge in [0.15, 0.2) is 5.54 Å². The molecule has 21 heavy (non-hydrogen) atoms. The molecule has 2 fully saturated rings. The van der Waals surface area contributed by atoms with Gasteiger partial charge in [-0.15, -0.1) is 0 Å². The van der Waals surface area contributed by atoms with Gasteiger partial charge >= 0.3 is 0 Å². The average Bonchev–Trinajstić information content (AvgIpc) is 3.17. The largest absolute Gasteiger partial charge is 0.594 e. The Morgan fingerprint density at radius 1 is 1.29 bits per heavy atom. The monoisotopic (exact) mass is 286 g/mol. The van der Waals surface area contributed by atoms with Crippen LogP contribution in [0.5, 0.6) is 0 Å². The third-order valence-corrected chi connectivity index (χ3v) is 5.39. The highest BCUT2D eigenvalue weighted by molar-refractivity contribution is 6.41. The Morgan fingerprint density at radius 3 is 2.67 bits per heavy atom. The highest BCUT2D eigenvalue weighted by Crippen LogP contribution is 2.63. The average molecular weight is 286 g/mol. The van der Waals surface area contributed by atoms with E-state index in [2.05, 4.69) is 0 Å². The number of hydroxylamine groups is 1. The van der Waals surface area contributed by atoms with Crippen LogP contribution in [0.25, 0.3) is 0 Å². The fourth-order valence-electron chi connectivity index (χ4n) is 4.37. The molecular weight excluding hydrogens is 272 g/mol. The quantitative estimate of drug-likeness (QED) is 0.531. The number of hydrogen-bond donors (Lipinski definition) is 0. The molecule has 0 radical (unpaired) electrons. The van der Waals surface area contributed by atoms with Crippen molar-refractivity contribution in [1.29, 1.82) is 0 Å². The van der Waals surface area contributed by atoms with Crippen LogP contribution in [0.1, 0.15) is 37.2 Å². The first-order valence-electron chi connectivity index (χ1n) is 7.12. The lowest BCUT2D eigenvalue weighted by Crippen LogP contribution is -2.50. The van der Waals surface area contributed by atoms with Crippen LogP contribution < -0.4 is 0 Å². The second-order valence-electron chi connectivity index (χ2n) is 6.31. The van der Waals surface area contributed by atoms with Crippen LogP contribution in [0, 0.1) is 11.1 Å². The normalized spacial score (nSPS) is 42.6. The number of benzene rings is 1. The number of Topliss-reactive ketones (excluding diaryl/α,β-unsaturated/α-hetero) is 1. The van der Waals surface area contributed by atoms with E-state index >= 15 is 0 Å². The van der Waals surface area contributed by atoms with Gasteiger partial charge in [-0.25, -0.2) is 4.84 Å². The van der Waals surface area contributed by atoms with Crippen molar-refractivity contribution in [2.24, 2.45) is 5.92 Å². The number of rotatable bonds is 0. The molecule has 0 unspecified atom stereocenters. The van der Waals surface area contributed by atoms with Crippen molar-refractivity contribution in [3.05, 3.63) is 40.6 Å². The summed E-state index contributed by atoms with van der Waals surface area (Å²) in [6.45, 7) is 3.33. The Hall–Kier alpha value is -1.92. The zero-order valence-corrected chi connectivity index (χ0v) is 11.6. The van der Waals surface area contributed by atoms with Crippen molar-refractivity contribution in [2.45, 2.75) is 37.7 Å². The first-order chi connectivity index (χ1) is 10.0. The molecule has 0 amide bonds. The molecule has 108 valence electrons. The number of carbonyl (C=O) groups is 1. The molecule has 6 heteroatoms. The highest BCUT2D eigenvalue weighted by Gasteiger charge is 2.75. The fourth-order valence-corrected chi connectivity index (χ4v) is 4.37. The summed E-state index contributed by atoms with van der Waals surface area (Å²) < 4.78 is 6.07. The predicted octanol–water partition coefficient (Wildman–Crippen LogP) is 1.27. The molecule has 2 saturated heterocycles. The first-order valence-corrected chi connectivity index (χ1v) is 7.12. The minimum absolute atomic E-state index is 0.154. The van der Waals surface area contributed by atoms with Gasteiger partial charge in [-0.1, -0.05) is 29.1 Å². The van der Waals surface area contributed by atoms with E-state index in [1.165, 1.54) is 5.17 Å². The molecule has 0 aromatic heterocycles. The minimum Gasteiger partial charge on any atom is -0.594 e. The SMILES string of the molecule is CC1=[N+]([O-])N2O[C@@H]3[C@@H]([C@@H]4O[C@H]3c3ccccc34)[C@@]2(C)C1=O. The number of nitrogens with zero attached hydrogens (tertiary/aromatic N) is 2. The Bertz CT molecular complexity index is 730. The van der Waals surface area contributed by atoms with Gasteiger partial charge in [0.1, 0.15) is 12.2 Å². The van der Waals surface area contributed by atoms with Crippen LogP contribution in [0.2, 0.25) is 0 Å². The topological polar surface area (TPSA) is 64.8 Å². The van der Waals surface area contributed by atoms with Crippen LogP contribution in [0.4, 0.5) is 0 Å². The molecule has 5 atom stereocenters. The standard InChI is InChI=1S/C15H14N2O4/c1-7-14(18)15(2)10-11-8-5-3-4-6-9(8)12(20-11)13(10)21-17(15)16(7)19/h3-6,10-13H,1-2H3/t10-,11-,12+,13-,15+/m1/s1. The van der Waals surface area contributed by atoms with Gasteiger partial charge in [-0.05, 0) is 23.2 Å².